The number of carbonyl (C=O) groups is 1. The first-order chi connectivity index (χ1) is 20.4. The Bertz CT molecular complexity index is 1210. The molecule has 0 aromatic rings. The monoisotopic (exact) mass is 598 g/mol. The summed E-state index contributed by atoms with van der Waals surface area (Å²) in [5.41, 5.74) is 1.52. The highest BCUT2D eigenvalue weighted by molar-refractivity contribution is 5.78. The number of carbonyl (C=O) groups excluding carboxylic acids is 1. The minimum absolute atomic E-state index is 0.100. The molecular formula is C35H50O8. The SMILES string of the molecule is CC=C(C)C1OC2(CC3CC(CC=C(C)CC(C)C=CC=C4OCC5C(OC)C(C)=CC(C(=O)O3)C45O)O2)CC(O)C1C. The maximum Gasteiger partial charge on any atom is 0.316 e. The Morgan fingerprint density at radius 2 is 1.93 bits per heavy atom. The molecule has 43 heavy (non-hydrogen) atoms. The molecule has 4 aliphatic heterocycles. The summed E-state index contributed by atoms with van der Waals surface area (Å²) in [7, 11) is 1.61. The average molecular weight is 599 g/mol. The van der Waals surface area contributed by atoms with Gasteiger partial charge in [0.05, 0.1) is 36.9 Å². The molecule has 2 N–H and O–H groups in total. The minimum atomic E-state index is -1.61. The number of fused-ring (bicyclic) bond motifs is 2. The molecule has 3 fully saturated rings. The third-order valence-corrected chi connectivity index (χ3v) is 10.2. The number of aliphatic hydroxyl groups excluding tert-OH is 1. The highest BCUT2D eigenvalue weighted by Gasteiger charge is 2.61. The quantitative estimate of drug-likeness (QED) is 0.326. The van der Waals surface area contributed by atoms with Crippen LogP contribution in [0, 0.1) is 23.7 Å². The van der Waals surface area contributed by atoms with Crippen molar-refractivity contribution < 1.29 is 38.7 Å². The van der Waals surface area contributed by atoms with Gasteiger partial charge in [-0.3, -0.25) is 4.79 Å². The second-order valence-electron chi connectivity index (χ2n) is 13.5. The van der Waals surface area contributed by atoms with E-state index in [1.165, 1.54) is 5.57 Å². The summed E-state index contributed by atoms with van der Waals surface area (Å²) in [6.45, 7) is 12.4. The van der Waals surface area contributed by atoms with E-state index >= 15 is 0 Å². The van der Waals surface area contributed by atoms with Crippen LogP contribution in [0.15, 0.2) is 58.9 Å². The lowest BCUT2D eigenvalue weighted by Gasteiger charge is -2.51. The Morgan fingerprint density at radius 3 is 2.65 bits per heavy atom. The Hall–Kier alpha value is -2.23. The molecule has 3 saturated heterocycles. The summed E-state index contributed by atoms with van der Waals surface area (Å²) in [6, 6.07) is 0. The molecule has 8 heteroatoms. The Kier molecular flexibility index (Phi) is 9.46. The molecule has 2 bridgehead atoms. The Labute approximate surface area is 256 Å². The maximum absolute atomic E-state index is 14.1. The molecule has 4 heterocycles. The number of allylic oxidation sites excluding steroid dienone is 5. The van der Waals surface area contributed by atoms with Crippen LogP contribution in [0.1, 0.15) is 73.6 Å². The third kappa shape index (κ3) is 6.19. The first-order valence-corrected chi connectivity index (χ1v) is 15.9. The zero-order valence-corrected chi connectivity index (χ0v) is 26.7. The van der Waals surface area contributed by atoms with Gasteiger partial charge in [0.2, 0.25) is 0 Å². The number of hydrogen-bond acceptors (Lipinski definition) is 8. The van der Waals surface area contributed by atoms with E-state index in [9.17, 15) is 15.0 Å². The van der Waals surface area contributed by atoms with E-state index in [0.717, 1.165) is 17.6 Å². The van der Waals surface area contributed by atoms with Gasteiger partial charge in [-0.05, 0) is 63.7 Å². The van der Waals surface area contributed by atoms with E-state index in [1.807, 2.05) is 39.8 Å². The molecular weight excluding hydrogens is 548 g/mol. The van der Waals surface area contributed by atoms with Crippen molar-refractivity contribution in [3.8, 4) is 0 Å². The summed E-state index contributed by atoms with van der Waals surface area (Å²) in [5.74, 6) is -2.53. The summed E-state index contributed by atoms with van der Waals surface area (Å²) < 4.78 is 31.5. The summed E-state index contributed by atoms with van der Waals surface area (Å²) >= 11 is 0. The largest absolute Gasteiger partial charge is 0.494 e. The van der Waals surface area contributed by atoms with Crippen LogP contribution in [-0.2, 0) is 28.5 Å². The lowest BCUT2D eigenvalue weighted by molar-refractivity contribution is -0.342. The van der Waals surface area contributed by atoms with Crippen molar-refractivity contribution >= 4 is 5.97 Å². The van der Waals surface area contributed by atoms with Crippen LogP contribution < -0.4 is 0 Å². The molecule has 0 aromatic heterocycles. The molecule has 0 aromatic carbocycles. The Morgan fingerprint density at radius 1 is 1.16 bits per heavy atom. The molecule has 1 aliphatic carbocycles. The van der Waals surface area contributed by atoms with Gasteiger partial charge in [0.25, 0.3) is 0 Å². The predicted octanol–water partition coefficient (Wildman–Crippen LogP) is 5.31. The zero-order valence-electron chi connectivity index (χ0n) is 26.7. The molecule has 238 valence electrons. The average Bonchev–Trinajstić information content (AvgIpc) is 3.29. The van der Waals surface area contributed by atoms with E-state index in [1.54, 1.807) is 19.3 Å². The molecule has 0 amide bonds. The van der Waals surface area contributed by atoms with E-state index in [4.69, 9.17) is 23.7 Å². The van der Waals surface area contributed by atoms with Gasteiger partial charge in [-0.1, -0.05) is 49.8 Å². The highest BCUT2D eigenvalue weighted by atomic mass is 16.7. The van der Waals surface area contributed by atoms with Crippen LogP contribution in [0.5, 0.6) is 0 Å². The standard InChI is InChI=1S/C35H50O8/c1-8-22(4)31-24(6)29(36)18-34(43-31)17-26-16-25(42-34)13-12-21(3)14-20(2)10-9-11-30-35(38)27(33(37)41-26)15-23(5)32(39-7)28(35)19-40-30/h8-12,15,20,24-29,31-32,36,38H,13-14,16-19H2,1-7H3. The van der Waals surface area contributed by atoms with Crippen LogP contribution in [-0.4, -0.2) is 71.8 Å². The van der Waals surface area contributed by atoms with Gasteiger partial charge in [-0.15, -0.1) is 0 Å². The normalized spacial score (nSPS) is 44.1. The van der Waals surface area contributed by atoms with Gasteiger partial charge in [-0.2, -0.15) is 0 Å². The first kappa shape index (κ1) is 32.2. The lowest BCUT2D eigenvalue weighted by atomic mass is 9.68. The van der Waals surface area contributed by atoms with Gasteiger partial charge in [0, 0.05) is 32.3 Å². The van der Waals surface area contributed by atoms with E-state index in [-0.39, 0.29) is 36.8 Å². The van der Waals surface area contributed by atoms with E-state index < -0.39 is 41.4 Å². The second-order valence-corrected chi connectivity index (χ2v) is 13.5. The topological polar surface area (TPSA) is 104 Å². The molecule has 8 nitrogen and oxygen atoms in total. The van der Waals surface area contributed by atoms with Gasteiger partial charge in [0.15, 0.2) is 5.79 Å². The van der Waals surface area contributed by atoms with Gasteiger partial charge < -0.3 is 33.9 Å². The fourth-order valence-corrected chi connectivity index (χ4v) is 7.78. The van der Waals surface area contributed by atoms with Crippen LogP contribution >= 0.6 is 0 Å². The summed E-state index contributed by atoms with van der Waals surface area (Å²) in [6.07, 6.45) is 12.2. The smallest absolute Gasteiger partial charge is 0.316 e. The molecule has 11 unspecified atom stereocenters. The fraction of sp³-hybridized carbons (Fsp3) is 0.686. The van der Waals surface area contributed by atoms with Crippen molar-refractivity contribution in [1.29, 1.82) is 0 Å². The van der Waals surface area contributed by atoms with Crippen molar-refractivity contribution in [2.24, 2.45) is 23.7 Å². The van der Waals surface area contributed by atoms with E-state index in [0.29, 0.717) is 31.4 Å². The molecule has 11 atom stereocenters. The molecule has 0 saturated carbocycles. The Balaban J connectivity index is 1.54. The number of aliphatic hydroxyl groups is 2. The van der Waals surface area contributed by atoms with Crippen LogP contribution in [0.2, 0.25) is 0 Å². The van der Waals surface area contributed by atoms with Crippen molar-refractivity contribution in [3.05, 3.63) is 58.9 Å². The molecule has 0 radical (unpaired) electrons. The first-order valence-electron chi connectivity index (χ1n) is 15.9. The maximum atomic E-state index is 14.1. The van der Waals surface area contributed by atoms with Crippen molar-refractivity contribution in [2.75, 3.05) is 13.7 Å². The molecule has 5 aliphatic rings. The van der Waals surface area contributed by atoms with Crippen LogP contribution in [0.4, 0.5) is 0 Å². The predicted molar refractivity (Wildman–Crippen MR) is 163 cm³/mol. The highest BCUT2D eigenvalue weighted by Crippen LogP contribution is 2.50. The number of methoxy groups -OCH3 is 1. The van der Waals surface area contributed by atoms with Crippen molar-refractivity contribution in [1.82, 2.24) is 0 Å². The number of rotatable bonds is 2. The molecule has 1 spiro atoms. The molecule has 5 rings (SSSR count). The minimum Gasteiger partial charge on any atom is -0.494 e. The number of ether oxygens (including phenoxy) is 5. The van der Waals surface area contributed by atoms with Gasteiger partial charge in [-0.25, -0.2) is 0 Å². The van der Waals surface area contributed by atoms with Gasteiger partial charge in [0.1, 0.15) is 23.4 Å². The number of hydrogen-bond donors (Lipinski definition) is 2. The van der Waals surface area contributed by atoms with Crippen LogP contribution in [0.3, 0.4) is 0 Å². The van der Waals surface area contributed by atoms with E-state index in [2.05, 4.69) is 26.0 Å². The lowest BCUT2D eigenvalue weighted by Crippen LogP contribution is -2.59. The van der Waals surface area contributed by atoms with Gasteiger partial charge >= 0.3 is 5.97 Å². The van der Waals surface area contributed by atoms with Crippen molar-refractivity contribution in [3.63, 3.8) is 0 Å². The summed E-state index contributed by atoms with van der Waals surface area (Å²) in [5, 5.41) is 23.5. The number of esters is 1. The van der Waals surface area contributed by atoms with Crippen molar-refractivity contribution in [2.45, 2.75) is 116 Å². The third-order valence-electron chi connectivity index (χ3n) is 10.2. The van der Waals surface area contributed by atoms with Crippen LogP contribution in [0.25, 0.3) is 0 Å². The second kappa shape index (κ2) is 12.6. The zero-order chi connectivity index (χ0) is 31.1. The fourth-order valence-electron chi connectivity index (χ4n) is 7.78. The summed E-state index contributed by atoms with van der Waals surface area (Å²) in [4.78, 5) is 14.1.